The summed E-state index contributed by atoms with van der Waals surface area (Å²) in [6, 6.07) is 13.8. The first kappa shape index (κ1) is 18.6. The van der Waals surface area contributed by atoms with Crippen molar-refractivity contribution in [2.24, 2.45) is 0 Å². The van der Waals surface area contributed by atoms with Gasteiger partial charge < -0.3 is 9.84 Å². The second-order valence-corrected chi connectivity index (χ2v) is 7.74. The minimum atomic E-state index is -0.784. The molecule has 0 aliphatic carbocycles. The fraction of sp³-hybridized carbons (Fsp3) is 0.200. The topological polar surface area (TPSA) is 59.4 Å². The molecule has 2 aromatic carbocycles. The molecule has 1 aromatic heterocycles. The second-order valence-electron chi connectivity index (χ2n) is 5.79. The summed E-state index contributed by atoms with van der Waals surface area (Å²) in [5.74, 6) is -0.0151. The van der Waals surface area contributed by atoms with Gasteiger partial charge in [0, 0.05) is 16.5 Å². The molecule has 0 bridgehead atoms. The van der Waals surface area contributed by atoms with Crippen LogP contribution in [-0.2, 0) is 4.79 Å². The lowest BCUT2D eigenvalue weighted by molar-refractivity contribution is -0.137. The molecule has 0 fully saturated rings. The number of methoxy groups -OCH3 is 1. The number of carboxylic acids is 1. The second kappa shape index (κ2) is 8.47. The normalized spacial score (nSPS) is 11.7. The van der Waals surface area contributed by atoms with Crippen molar-refractivity contribution >= 4 is 55.1 Å². The molecule has 26 heavy (non-hydrogen) atoms. The van der Waals surface area contributed by atoms with Gasteiger partial charge in [0.1, 0.15) is 10.8 Å². The van der Waals surface area contributed by atoms with E-state index in [-0.39, 0.29) is 6.42 Å². The molecule has 0 spiro atoms. The number of hydrogen-bond donors (Lipinski definition) is 1. The molecule has 0 saturated heterocycles. The Hall–Kier alpha value is -2.18. The molecule has 0 amide bonds. The minimum Gasteiger partial charge on any atom is -0.496 e. The van der Waals surface area contributed by atoms with Crippen molar-refractivity contribution < 1.29 is 14.6 Å². The predicted octanol–water partition coefficient (Wildman–Crippen LogP) is 5.86. The number of benzene rings is 2. The highest BCUT2D eigenvalue weighted by Gasteiger charge is 2.12. The van der Waals surface area contributed by atoms with Crippen LogP contribution in [0.5, 0.6) is 5.75 Å². The third-order valence-electron chi connectivity index (χ3n) is 3.93. The molecular weight excluding hydrogens is 414 g/mol. The first-order valence-electron chi connectivity index (χ1n) is 8.18. The summed E-state index contributed by atoms with van der Waals surface area (Å²) in [6.07, 6.45) is 3.39. The molecule has 4 nitrogen and oxygen atoms in total. The zero-order chi connectivity index (χ0) is 18.5. The van der Waals surface area contributed by atoms with Gasteiger partial charge in [-0.25, -0.2) is 4.98 Å². The number of carboxylic acid groups (broad SMARTS) is 1. The monoisotopic (exact) mass is 431 g/mol. The maximum Gasteiger partial charge on any atom is 0.303 e. The van der Waals surface area contributed by atoms with E-state index in [2.05, 4.69) is 15.9 Å². The largest absolute Gasteiger partial charge is 0.496 e. The van der Waals surface area contributed by atoms with Crippen LogP contribution in [0.4, 0.5) is 0 Å². The van der Waals surface area contributed by atoms with Crippen LogP contribution in [0.15, 0.2) is 46.9 Å². The van der Waals surface area contributed by atoms with E-state index in [1.165, 1.54) is 0 Å². The van der Waals surface area contributed by atoms with E-state index in [9.17, 15) is 4.79 Å². The molecule has 3 rings (SSSR count). The number of thiazole rings is 1. The number of carbonyl (C=O) groups is 1. The van der Waals surface area contributed by atoms with Gasteiger partial charge in [-0.15, -0.1) is 11.3 Å². The van der Waals surface area contributed by atoms with E-state index in [1.54, 1.807) is 18.4 Å². The van der Waals surface area contributed by atoms with E-state index in [4.69, 9.17) is 14.8 Å². The highest BCUT2D eigenvalue weighted by molar-refractivity contribution is 9.10. The average molecular weight is 432 g/mol. The van der Waals surface area contributed by atoms with Crippen molar-refractivity contribution in [1.29, 1.82) is 0 Å². The molecule has 0 saturated carbocycles. The maximum absolute atomic E-state index is 10.9. The third kappa shape index (κ3) is 4.51. The summed E-state index contributed by atoms with van der Waals surface area (Å²) in [6.45, 7) is 0. The number of hydrogen-bond acceptors (Lipinski definition) is 4. The van der Waals surface area contributed by atoms with Gasteiger partial charge in [-0.1, -0.05) is 28.1 Å². The Morgan fingerprint density at radius 1 is 1.27 bits per heavy atom. The van der Waals surface area contributed by atoms with Crippen LogP contribution in [0.3, 0.4) is 0 Å². The van der Waals surface area contributed by atoms with Gasteiger partial charge in [0.25, 0.3) is 0 Å². The van der Waals surface area contributed by atoms with E-state index in [0.29, 0.717) is 12.8 Å². The Morgan fingerprint density at radius 3 is 2.81 bits per heavy atom. The van der Waals surface area contributed by atoms with Crippen molar-refractivity contribution in [3.63, 3.8) is 0 Å². The fourth-order valence-electron chi connectivity index (χ4n) is 2.69. The lowest BCUT2D eigenvalue weighted by atomic mass is 10.0. The highest BCUT2D eigenvalue weighted by Crippen LogP contribution is 2.33. The first-order chi connectivity index (χ1) is 12.6. The first-order valence-corrected chi connectivity index (χ1v) is 9.79. The van der Waals surface area contributed by atoms with Crippen LogP contribution in [0.25, 0.3) is 21.9 Å². The summed E-state index contributed by atoms with van der Waals surface area (Å²) in [7, 11) is 1.64. The molecule has 6 heteroatoms. The summed E-state index contributed by atoms with van der Waals surface area (Å²) >= 11 is 5.12. The Bertz CT molecular complexity index is 932. The number of rotatable bonds is 7. The van der Waals surface area contributed by atoms with Crippen molar-refractivity contribution in [1.82, 2.24) is 4.98 Å². The minimum absolute atomic E-state index is 0.137. The molecule has 3 aromatic rings. The zero-order valence-corrected chi connectivity index (χ0v) is 16.6. The van der Waals surface area contributed by atoms with Crippen LogP contribution in [0.1, 0.15) is 29.8 Å². The number of para-hydroxylation sites is 1. The molecule has 0 aliphatic heterocycles. The van der Waals surface area contributed by atoms with Crippen molar-refractivity contribution in [2.75, 3.05) is 7.11 Å². The van der Waals surface area contributed by atoms with E-state index < -0.39 is 5.97 Å². The summed E-state index contributed by atoms with van der Waals surface area (Å²) in [4.78, 5) is 15.6. The standard InChI is InChI=1S/C20H18BrNO3S/c1-25-17-10-9-15(21)12-14(17)11-13(5-4-8-19(23)24)20-22-16-6-2-3-7-18(16)26-20/h2-3,6-7,9-12H,4-5,8H2,1H3,(H,23,24)/b13-11+. The Balaban J connectivity index is 2.02. The number of fused-ring (bicyclic) bond motifs is 1. The van der Waals surface area contributed by atoms with Crippen LogP contribution < -0.4 is 4.74 Å². The van der Waals surface area contributed by atoms with Gasteiger partial charge in [0.2, 0.25) is 0 Å². The molecule has 0 radical (unpaired) electrons. The number of allylic oxidation sites excluding steroid dienone is 1. The predicted molar refractivity (Wildman–Crippen MR) is 110 cm³/mol. The van der Waals surface area contributed by atoms with E-state index in [1.807, 2.05) is 48.5 Å². The van der Waals surface area contributed by atoms with E-state index in [0.717, 1.165) is 36.6 Å². The Kier molecular flexibility index (Phi) is 6.06. The van der Waals surface area contributed by atoms with Gasteiger partial charge in [-0.05, 0) is 54.8 Å². The van der Waals surface area contributed by atoms with Gasteiger partial charge in [-0.2, -0.15) is 0 Å². The summed E-state index contributed by atoms with van der Waals surface area (Å²) in [5, 5.41) is 9.88. The Morgan fingerprint density at radius 2 is 2.08 bits per heavy atom. The van der Waals surface area contributed by atoms with Gasteiger partial charge >= 0.3 is 5.97 Å². The summed E-state index contributed by atoms with van der Waals surface area (Å²) < 4.78 is 7.54. The quantitative estimate of drug-likeness (QED) is 0.508. The van der Waals surface area contributed by atoms with Crippen LogP contribution >= 0.6 is 27.3 Å². The number of ether oxygens (including phenoxy) is 1. The van der Waals surface area contributed by atoms with Crippen molar-refractivity contribution in [3.8, 4) is 5.75 Å². The van der Waals surface area contributed by atoms with Gasteiger partial charge in [0.05, 0.1) is 17.3 Å². The van der Waals surface area contributed by atoms with Crippen molar-refractivity contribution in [3.05, 3.63) is 57.5 Å². The van der Waals surface area contributed by atoms with E-state index >= 15 is 0 Å². The van der Waals surface area contributed by atoms with Gasteiger partial charge in [0.15, 0.2) is 0 Å². The number of halogens is 1. The van der Waals surface area contributed by atoms with Gasteiger partial charge in [-0.3, -0.25) is 4.79 Å². The molecule has 0 atom stereocenters. The molecular formula is C20H18BrNO3S. The molecule has 134 valence electrons. The Labute approximate surface area is 164 Å². The molecule has 1 heterocycles. The third-order valence-corrected chi connectivity index (χ3v) is 5.53. The lowest BCUT2D eigenvalue weighted by Crippen LogP contribution is -1.95. The number of nitrogens with zero attached hydrogens (tertiary/aromatic N) is 1. The zero-order valence-electron chi connectivity index (χ0n) is 14.2. The van der Waals surface area contributed by atoms with Crippen LogP contribution in [0, 0.1) is 0 Å². The molecule has 1 N–H and O–H groups in total. The average Bonchev–Trinajstić information content (AvgIpc) is 3.05. The number of aliphatic carboxylic acids is 1. The lowest BCUT2D eigenvalue weighted by Gasteiger charge is -2.08. The van der Waals surface area contributed by atoms with Crippen molar-refractivity contribution in [2.45, 2.75) is 19.3 Å². The van der Waals surface area contributed by atoms with Crippen LogP contribution in [-0.4, -0.2) is 23.2 Å². The molecule has 0 unspecified atom stereocenters. The SMILES string of the molecule is COc1ccc(Br)cc1/C=C(\CCCC(=O)O)c1nc2ccccc2s1. The number of aromatic nitrogens is 1. The highest BCUT2D eigenvalue weighted by atomic mass is 79.9. The fourth-order valence-corrected chi connectivity index (χ4v) is 4.07. The van der Waals surface area contributed by atoms with Crippen LogP contribution in [0.2, 0.25) is 0 Å². The maximum atomic E-state index is 10.9. The summed E-state index contributed by atoms with van der Waals surface area (Å²) in [5.41, 5.74) is 2.91. The molecule has 0 aliphatic rings. The smallest absolute Gasteiger partial charge is 0.303 e.